The number of guanidine groups is 1. The van der Waals surface area contributed by atoms with Gasteiger partial charge in [-0.3, -0.25) is 9.79 Å². The van der Waals surface area contributed by atoms with Gasteiger partial charge in [-0.15, -0.1) is 24.0 Å². The number of hydrogen-bond acceptors (Lipinski definition) is 2. The highest BCUT2D eigenvalue weighted by Gasteiger charge is 2.12. The predicted octanol–water partition coefficient (Wildman–Crippen LogP) is 3.66. The van der Waals surface area contributed by atoms with Crippen LogP contribution in [-0.2, 0) is 13.1 Å². The summed E-state index contributed by atoms with van der Waals surface area (Å²) >= 11 is 6.09. The Kier molecular flexibility index (Phi) is 9.51. The van der Waals surface area contributed by atoms with E-state index in [9.17, 15) is 9.18 Å². The molecule has 0 fully saturated rings. The lowest BCUT2D eigenvalue weighted by atomic mass is 10.1. The van der Waals surface area contributed by atoms with E-state index in [4.69, 9.17) is 11.6 Å². The lowest BCUT2D eigenvalue weighted by molar-refractivity contribution is 0.0963. The summed E-state index contributed by atoms with van der Waals surface area (Å²) in [5.74, 6) is 0.145. The van der Waals surface area contributed by atoms with E-state index in [1.54, 1.807) is 43.3 Å². The molecular formula is C19H23ClFIN4O. The van der Waals surface area contributed by atoms with Gasteiger partial charge in [0.2, 0.25) is 0 Å². The van der Waals surface area contributed by atoms with Gasteiger partial charge in [0.15, 0.2) is 5.96 Å². The maximum atomic E-state index is 14.0. The Morgan fingerprint density at radius 2 is 1.89 bits per heavy atom. The van der Waals surface area contributed by atoms with Crippen molar-refractivity contribution in [1.82, 2.24) is 15.5 Å². The van der Waals surface area contributed by atoms with Crippen LogP contribution in [0.3, 0.4) is 0 Å². The summed E-state index contributed by atoms with van der Waals surface area (Å²) in [5.41, 5.74) is 2.03. The number of benzene rings is 2. The van der Waals surface area contributed by atoms with Gasteiger partial charge in [-0.1, -0.05) is 29.8 Å². The summed E-state index contributed by atoms with van der Waals surface area (Å²) in [5, 5.41) is 6.19. The van der Waals surface area contributed by atoms with Crippen molar-refractivity contribution in [3.8, 4) is 0 Å². The summed E-state index contributed by atoms with van der Waals surface area (Å²) < 4.78 is 14.0. The minimum Gasteiger partial charge on any atom is -0.355 e. The first kappa shape index (κ1) is 23.2. The van der Waals surface area contributed by atoms with Crippen LogP contribution in [0.25, 0.3) is 0 Å². The van der Waals surface area contributed by atoms with E-state index in [1.807, 2.05) is 19.2 Å². The molecule has 146 valence electrons. The molecule has 0 atom stereocenters. The summed E-state index contributed by atoms with van der Waals surface area (Å²) in [6, 6.07) is 11.9. The fourth-order valence-electron chi connectivity index (χ4n) is 2.48. The molecule has 0 saturated heterocycles. The molecule has 0 unspecified atom stereocenters. The monoisotopic (exact) mass is 504 g/mol. The van der Waals surface area contributed by atoms with Gasteiger partial charge in [0, 0.05) is 50.4 Å². The molecule has 8 heteroatoms. The molecule has 0 aliphatic rings. The Labute approximate surface area is 181 Å². The third-order valence-corrected chi connectivity index (χ3v) is 4.28. The van der Waals surface area contributed by atoms with E-state index in [-0.39, 0.29) is 35.7 Å². The molecule has 2 N–H and O–H groups in total. The van der Waals surface area contributed by atoms with Crippen molar-refractivity contribution in [3.05, 3.63) is 70.0 Å². The lowest BCUT2D eigenvalue weighted by Gasteiger charge is -2.23. The highest BCUT2D eigenvalue weighted by atomic mass is 127. The van der Waals surface area contributed by atoms with Crippen LogP contribution in [-0.4, -0.2) is 37.9 Å². The zero-order valence-corrected chi connectivity index (χ0v) is 18.5. The van der Waals surface area contributed by atoms with Gasteiger partial charge in [0.25, 0.3) is 5.91 Å². The number of amides is 1. The highest BCUT2D eigenvalue weighted by molar-refractivity contribution is 14.0. The predicted molar refractivity (Wildman–Crippen MR) is 118 cm³/mol. The molecule has 27 heavy (non-hydrogen) atoms. The topological polar surface area (TPSA) is 56.7 Å². The number of carbonyl (C=O) groups excluding carboxylic acids is 1. The molecule has 0 saturated carbocycles. The first-order valence-corrected chi connectivity index (χ1v) is 8.49. The van der Waals surface area contributed by atoms with Gasteiger partial charge in [-0.2, -0.15) is 0 Å². The Morgan fingerprint density at radius 3 is 2.44 bits per heavy atom. The van der Waals surface area contributed by atoms with Crippen LogP contribution < -0.4 is 10.6 Å². The largest absolute Gasteiger partial charge is 0.355 e. The van der Waals surface area contributed by atoms with Crippen LogP contribution in [0.2, 0.25) is 5.02 Å². The van der Waals surface area contributed by atoms with Crippen molar-refractivity contribution in [2.75, 3.05) is 21.1 Å². The van der Waals surface area contributed by atoms with Crippen LogP contribution in [0.5, 0.6) is 0 Å². The Hall–Kier alpha value is -1.87. The number of carbonyl (C=O) groups is 1. The Bertz CT molecular complexity index is 779. The maximum Gasteiger partial charge on any atom is 0.251 e. The molecule has 2 rings (SSSR count). The van der Waals surface area contributed by atoms with Crippen LogP contribution in [0.15, 0.2) is 47.5 Å². The van der Waals surface area contributed by atoms with E-state index in [0.717, 1.165) is 5.56 Å². The lowest BCUT2D eigenvalue weighted by Crippen LogP contribution is -2.38. The van der Waals surface area contributed by atoms with Gasteiger partial charge in [-0.25, -0.2) is 4.39 Å². The number of nitrogens with zero attached hydrogens (tertiary/aromatic N) is 2. The van der Waals surface area contributed by atoms with Gasteiger partial charge < -0.3 is 15.5 Å². The summed E-state index contributed by atoms with van der Waals surface area (Å²) in [6.07, 6.45) is 0. The van der Waals surface area contributed by atoms with Crippen molar-refractivity contribution in [1.29, 1.82) is 0 Å². The standard InChI is InChI=1S/C19H22ClFN4O.HI/c1-22-18(26)14-9-7-13(8-10-14)11-24-19(23-2)25(3)12-15-16(20)5-4-6-17(15)21;/h4-10H,11-12H2,1-3H3,(H,22,26)(H,23,24);1H. The van der Waals surface area contributed by atoms with Crippen LogP contribution in [0, 0.1) is 5.82 Å². The van der Waals surface area contributed by atoms with Gasteiger partial charge in [0.1, 0.15) is 5.82 Å². The molecule has 2 aromatic carbocycles. The molecule has 5 nitrogen and oxygen atoms in total. The van der Waals surface area contributed by atoms with E-state index >= 15 is 0 Å². The molecule has 0 spiro atoms. The molecule has 0 bridgehead atoms. The van der Waals surface area contributed by atoms with Gasteiger partial charge in [0.05, 0.1) is 0 Å². The number of aliphatic imine (C=N–C) groups is 1. The van der Waals surface area contributed by atoms with E-state index < -0.39 is 0 Å². The van der Waals surface area contributed by atoms with Crippen LogP contribution in [0.4, 0.5) is 4.39 Å². The molecule has 0 aromatic heterocycles. The van der Waals surface area contributed by atoms with E-state index in [0.29, 0.717) is 35.2 Å². The zero-order valence-electron chi connectivity index (χ0n) is 15.4. The van der Waals surface area contributed by atoms with E-state index in [1.165, 1.54) is 6.07 Å². The summed E-state index contributed by atoms with van der Waals surface area (Å²) in [6.45, 7) is 0.816. The molecule has 0 heterocycles. The molecule has 0 aliphatic carbocycles. The van der Waals surface area contributed by atoms with Crippen molar-refractivity contribution in [2.24, 2.45) is 4.99 Å². The van der Waals surface area contributed by atoms with Crippen molar-refractivity contribution < 1.29 is 9.18 Å². The number of rotatable bonds is 5. The average Bonchev–Trinajstić information content (AvgIpc) is 2.65. The minimum atomic E-state index is -0.343. The Morgan fingerprint density at radius 1 is 1.22 bits per heavy atom. The van der Waals surface area contributed by atoms with Gasteiger partial charge in [-0.05, 0) is 29.8 Å². The van der Waals surface area contributed by atoms with Crippen LogP contribution >= 0.6 is 35.6 Å². The number of nitrogens with one attached hydrogen (secondary N) is 2. The van der Waals surface area contributed by atoms with Crippen molar-refractivity contribution in [3.63, 3.8) is 0 Å². The normalized spacial score (nSPS) is 10.8. The highest BCUT2D eigenvalue weighted by Crippen LogP contribution is 2.20. The van der Waals surface area contributed by atoms with Gasteiger partial charge >= 0.3 is 0 Å². The molecule has 2 aromatic rings. The Balaban J connectivity index is 0.00000364. The number of hydrogen-bond donors (Lipinski definition) is 2. The smallest absolute Gasteiger partial charge is 0.251 e. The molecular weight excluding hydrogens is 482 g/mol. The first-order valence-electron chi connectivity index (χ1n) is 8.12. The zero-order chi connectivity index (χ0) is 19.1. The molecule has 1 amide bonds. The first-order chi connectivity index (χ1) is 12.5. The second-order valence-electron chi connectivity index (χ2n) is 5.73. The van der Waals surface area contributed by atoms with Crippen molar-refractivity contribution >= 4 is 47.4 Å². The third kappa shape index (κ3) is 6.35. The minimum absolute atomic E-state index is 0. The fourth-order valence-corrected chi connectivity index (χ4v) is 2.70. The number of halogens is 3. The second kappa shape index (κ2) is 11.1. The second-order valence-corrected chi connectivity index (χ2v) is 6.14. The molecule has 0 radical (unpaired) electrons. The SMILES string of the molecule is CN=C(NCc1ccc(C(=O)NC)cc1)N(C)Cc1c(F)cccc1Cl.I. The summed E-state index contributed by atoms with van der Waals surface area (Å²) in [4.78, 5) is 17.6. The van der Waals surface area contributed by atoms with E-state index in [2.05, 4.69) is 15.6 Å². The average molecular weight is 505 g/mol. The van der Waals surface area contributed by atoms with Crippen molar-refractivity contribution in [2.45, 2.75) is 13.1 Å². The summed E-state index contributed by atoms with van der Waals surface area (Å²) in [7, 11) is 5.07. The maximum absolute atomic E-state index is 14.0. The quantitative estimate of drug-likeness (QED) is 0.371. The third-order valence-electron chi connectivity index (χ3n) is 3.92. The fraction of sp³-hybridized carbons (Fsp3) is 0.263. The molecule has 0 aliphatic heterocycles. The van der Waals surface area contributed by atoms with Crippen LogP contribution in [0.1, 0.15) is 21.5 Å².